The number of amides is 1. The van der Waals surface area contributed by atoms with Crippen molar-refractivity contribution in [2.75, 3.05) is 19.6 Å². The molecule has 1 unspecified atom stereocenters. The van der Waals surface area contributed by atoms with Crippen LogP contribution in [0.15, 0.2) is 24.3 Å². The molecule has 96 valence electrons. The van der Waals surface area contributed by atoms with E-state index in [4.69, 9.17) is 17.3 Å². The van der Waals surface area contributed by atoms with Gasteiger partial charge >= 0.3 is 0 Å². The second kappa shape index (κ2) is 5.50. The Bertz CT molecular complexity index is 459. The molecule has 2 N–H and O–H groups in total. The van der Waals surface area contributed by atoms with Crippen LogP contribution in [-0.4, -0.2) is 36.2 Å². The molecule has 1 aliphatic rings. The largest absolute Gasteiger partial charge is 0.369 e. The zero-order valence-electron chi connectivity index (χ0n) is 9.93. The van der Waals surface area contributed by atoms with Gasteiger partial charge in [-0.25, -0.2) is 0 Å². The molecule has 0 aromatic heterocycles. The van der Waals surface area contributed by atoms with Crippen molar-refractivity contribution < 1.29 is 9.59 Å². The van der Waals surface area contributed by atoms with Crippen molar-refractivity contribution >= 4 is 23.3 Å². The van der Waals surface area contributed by atoms with E-state index in [2.05, 4.69) is 0 Å². The summed E-state index contributed by atoms with van der Waals surface area (Å²) in [5, 5.41) is 0.613. The lowest BCUT2D eigenvalue weighted by Gasteiger charge is -2.14. The number of nitrogens with zero attached hydrogens (tertiary/aromatic N) is 1. The molecule has 1 fully saturated rings. The molecule has 0 radical (unpaired) electrons. The summed E-state index contributed by atoms with van der Waals surface area (Å²) < 4.78 is 0. The second-order valence-corrected chi connectivity index (χ2v) is 4.99. The van der Waals surface area contributed by atoms with Crippen LogP contribution in [0, 0.1) is 5.92 Å². The Morgan fingerprint density at radius 1 is 1.33 bits per heavy atom. The minimum atomic E-state index is -0.281. The first kappa shape index (κ1) is 13.1. The van der Waals surface area contributed by atoms with E-state index in [1.165, 1.54) is 0 Å². The van der Waals surface area contributed by atoms with Gasteiger partial charge in [-0.15, -0.1) is 0 Å². The van der Waals surface area contributed by atoms with Crippen molar-refractivity contribution in [3.63, 3.8) is 0 Å². The standard InChI is InChI=1S/C13H15ClN2O2/c14-11-3-1-9(2-4-11)12(17)8-16-6-5-10(7-16)13(15)18/h1-4,10H,5-8H2,(H2,15,18). The third-order valence-electron chi connectivity index (χ3n) is 3.21. The number of benzene rings is 1. The third-order valence-corrected chi connectivity index (χ3v) is 3.46. The zero-order chi connectivity index (χ0) is 13.1. The first-order valence-electron chi connectivity index (χ1n) is 5.86. The van der Waals surface area contributed by atoms with Crippen molar-refractivity contribution in [2.24, 2.45) is 11.7 Å². The molecule has 18 heavy (non-hydrogen) atoms. The van der Waals surface area contributed by atoms with Crippen molar-refractivity contribution in [3.05, 3.63) is 34.9 Å². The Balaban J connectivity index is 1.92. The Morgan fingerprint density at radius 3 is 2.56 bits per heavy atom. The normalized spacial score (nSPS) is 19.9. The van der Waals surface area contributed by atoms with Gasteiger partial charge < -0.3 is 5.73 Å². The fourth-order valence-electron chi connectivity index (χ4n) is 2.14. The average molecular weight is 267 g/mol. The van der Waals surface area contributed by atoms with E-state index < -0.39 is 0 Å². The maximum absolute atomic E-state index is 12.0. The Kier molecular flexibility index (Phi) is 3.99. The smallest absolute Gasteiger partial charge is 0.221 e. The van der Waals surface area contributed by atoms with Gasteiger partial charge in [-0.2, -0.15) is 0 Å². The van der Waals surface area contributed by atoms with E-state index in [0.29, 0.717) is 23.7 Å². The molecular weight excluding hydrogens is 252 g/mol. The molecule has 1 saturated heterocycles. The van der Waals surface area contributed by atoms with Gasteiger partial charge in [-0.3, -0.25) is 14.5 Å². The summed E-state index contributed by atoms with van der Waals surface area (Å²) in [4.78, 5) is 25.0. The summed E-state index contributed by atoms with van der Waals surface area (Å²) in [6.45, 7) is 1.65. The number of halogens is 1. The summed E-state index contributed by atoms with van der Waals surface area (Å²) in [7, 11) is 0. The van der Waals surface area contributed by atoms with Gasteiger partial charge in [0.25, 0.3) is 0 Å². The molecule has 1 aromatic carbocycles. The molecule has 4 nitrogen and oxygen atoms in total. The second-order valence-electron chi connectivity index (χ2n) is 4.55. The van der Waals surface area contributed by atoms with E-state index in [-0.39, 0.29) is 17.6 Å². The lowest BCUT2D eigenvalue weighted by atomic mass is 10.1. The molecule has 5 heteroatoms. The van der Waals surface area contributed by atoms with E-state index in [1.807, 2.05) is 4.90 Å². The Hall–Kier alpha value is -1.39. The summed E-state index contributed by atoms with van der Waals surface area (Å²) in [6, 6.07) is 6.83. The molecule has 2 rings (SSSR count). The molecule has 1 heterocycles. The van der Waals surface area contributed by atoms with Crippen LogP contribution in [0.2, 0.25) is 5.02 Å². The van der Waals surface area contributed by atoms with Gasteiger partial charge in [0.15, 0.2) is 5.78 Å². The number of likely N-dealkylation sites (tertiary alicyclic amines) is 1. The van der Waals surface area contributed by atoms with Crippen LogP contribution in [0.4, 0.5) is 0 Å². The molecular formula is C13H15ClN2O2. The third kappa shape index (κ3) is 3.09. The van der Waals surface area contributed by atoms with Gasteiger partial charge in [0.1, 0.15) is 0 Å². The number of primary amides is 1. The van der Waals surface area contributed by atoms with Crippen LogP contribution in [-0.2, 0) is 4.79 Å². The van der Waals surface area contributed by atoms with Crippen molar-refractivity contribution in [1.82, 2.24) is 4.90 Å². The number of Topliss-reactive ketones (excluding diaryl/α,β-unsaturated/α-hetero) is 1. The molecule has 1 atom stereocenters. The van der Waals surface area contributed by atoms with Gasteiger partial charge in [0.05, 0.1) is 12.5 Å². The minimum Gasteiger partial charge on any atom is -0.369 e. The number of carbonyl (C=O) groups is 2. The summed E-state index contributed by atoms with van der Waals surface area (Å²) in [5.74, 6) is -0.365. The van der Waals surface area contributed by atoms with Crippen molar-refractivity contribution in [3.8, 4) is 0 Å². The van der Waals surface area contributed by atoms with Gasteiger partial charge in [-0.05, 0) is 37.2 Å². The van der Waals surface area contributed by atoms with E-state index in [9.17, 15) is 9.59 Å². The molecule has 0 spiro atoms. The fourth-order valence-corrected chi connectivity index (χ4v) is 2.26. The van der Waals surface area contributed by atoms with Gasteiger partial charge in [0.2, 0.25) is 5.91 Å². The lowest BCUT2D eigenvalue weighted by molar-refractivity contribution is -0.121. The predicted molar refractivity (Wildman–Crippen MR) is 69.5 cm³/mol. The fraction of sp³-hybridized carbons (Fsp3) is 0.385. The number of ketones is 1. The first-order chi connectivity index (χ1) is 8.56. The SMILES string of the molecule is NC(=O)C1CCN(CC(=O)c2ccc(Cl)cc2)C1. The van der Waals surface area contributed by atoms with Crippen LogP contribution in [0.5, 0.6) is 0 Å². The predicted octanol–water partition coefficient (Wildman–Crippen LogP) is 1.33. The van der Waals surface area contributed by atoms with E-state index >= 15 is 0 Å². The zero-order valence-corrected chi connectivity index (χ0v) is 10.7. The monoisotopic (exact) mass is 266 g/mol. The highest BCUT2D eigenvalue weighted by molar-refractivity contribution is 6.30. The van der Waals surface area contributed by atoms with E-state index in [1.54, 1.807) is 24.3 Å². The quantitative estimate of drug-likeness (QED) is 0.837. The Labute approximate surface area is 111 Å². The van der Waals surface area contributed by atoms with Crippen molar-refractivity contribution in [2.45, 2.75) is 6.42 Å². The topological polar surface area (TPSA) is 63.4 Å². The molecule has 0 aliphatic carbocycles. The van der Waals surface area contributed by atoms with Crippen LogP contribution in [0.3, 0.4) is 0 Å². The molecule has 0 saturated carbocycles. The highest BCUT2D eigenvalue weighted by Crippen LogP contribution is 2.16. The molecule has 0 bridgehead atoms. The van der Waals surface area contributed by atoms with Gasteiger partial charge in [0, 0.05) is 17.1 Å². The highest BCUT2D eigenvalue weighted by atomic mass is 35.5. The Morgan fingerprint density at radius 2 is 2.00 bits per heavy atom. The summed E-state index contributed by atoms with van der Waals surface area (Å²) in [6.07, 6.45) is 0.739. The summed E-state index contributed by atoms with van der Waals surface area (Å²) in [5.41, 5.74) is 5.89. The maximum Gasteiger partial charge on any atom is 0.221 e. The van der Waals surface area contributed by atoms with E-state index in [0.717, 1.165) is 13.0 Å². The van der Waals surface area contributed by atoms with Crippen LogP contribution in [0.25, 0.3) is 0 Å². The average Bonchev–Trinajstić information content (AvgIpc) is 2.78. The van der Waals surface area contributed by atoms with Gasteiger partial charge in [-0.1, -0.05) is 11.6 Å². The summed E-state index contributed by atoms with van der Waals surface area (Å²) >= 11 is 5.77. The number of hydrogen-bond acceptors (Lipinski definition) is 3. The highest BCUT2D eigenvalue weighted by Gasteiger charge is 2.27. The molecule has 1 amide bonds. The van der Waals surface area contributed by atoms with Crippen LogP contribution >= 0.6 is 11.6 Å². The molecule has 1 aromatic rings. The molecule has 1 aliphatic heterocycles. The number of hydrogen-bond donors (Lipinski definition) is 1. The number of carbonyl (C=O) groups excluding carboxylic acids is 2. The van der Waals surface area contributed by atoms with Crippen LogP contribution in [0.1, 0.15) is 16.8 Å². The van der Waals surface area contributed by atoms with Crippen molar-refractivity contribution in [1.29, 1.82) is 0 Å². The maximum atomic E-state index is 12.0. The first-order valence-corrected chi connectivity index (χ1v) is 6.24. The van der Waals surface area contributed by atoms with Crippen LogP contribution < -0.4 is 5.73 Å². The number of rotatable bonds is 4. The number of nitrogens with two attached hydrogens (primary N) is 1. The lowest BCUT2D eigenvalue weighted by Crippen LogP contribution is -2.31. The minimum absolute atomic E-state index is 0.0387.